The van der Waals surface area contributed by atoms with Crippen molar-refractivity contribution >= 4 is 29.2 Å². The number of urea groups is 1. The molecule has 0 radical (unpaired) electrons. The van der Waals surface area contributed by atoms with Crippen LogP contribution in [0.4, 0.5) is 4.79 Å². The van der Waals surface area contributed by atoms with E-state index in [1.807, 2.05) is 47.8 Å². The summed E-state index contributed by atoms with van der Waals surface area (Å²) in [6, 6.07) is 12.5. The van der Waals surface area contributed by atoms with Crippen molar-refractivity contribution in [2.45, 2.75) is 24.9 Å². The fraction of sp³-hybridized carbons (Fsp3) is 0.316. The van der Waals surface area contributed by atoms with Gasteiger partial charge in [-0.05, 0) is 29.9 Å². The predicted octanol–water partition coefficient (Wildman–Crippen LogP) is 2.38. The molecule has 0 bridgehead atoms. The minimum Gasteiger partial charge on any atom is -0.343 e. The van der Waals surface area contributed by atoms with Crippen molar-refractivity contribution < 1.29 is 14.4 Å². The van der Waals surface area contributed by atoms with Crippen molar-refractivity contribution in [3.8, 4) is 0 Å². The third-order valence-corrected chi connectivity index (χ3v) is 5.79. The van der Waals surface area contributed by atoms with Crippen LogP contribution in [0.2, 0.25) is 0 Å². The van der Waals surface area contributed by atoms with E-state index in [2.05, 4.69) is 5.32 Å². The van der Waals surface area contributed by atoms with Crippen LogP contribution in [0.3, 0.4) is 0 Å². The maximum atomic E-state index is 12.6. The summed E-state index contributed by atoms with van der Waals surface area (Å²) in [7, 11) is 0. The summed E-state index contributed by atoms with van der Waals surface area (Å²) >= 11 is 1.55. The first-order valence-electron chi connectivity index (χ1n) is 8.65. The Kier molecular flexibility index (Phi) is 4.46. The molecular weight excluding hydrogens is 350 g/mol. The van der Waals surface area contributed by atoms with Gasteiger partial charge in [0.1, 0.15) is 12.6 Å². The Morgan fingerprint density at radius 2 is 2.00 bits per heavy atom. The van der Waals surface area contributed by atoms with Crippen LogP contribution < -0.4 is 5.32 Å². The van der Waals surface area contributed by atoms with Gasteiger partial charge in [0, 0.05) is 11.4 Å². The molecular formula is C19H19N3O3S. The van der Waals surface area contributed by atoms with Gasteiger partial charge in [-0.2, -0.15) is 0 Å². The Bertz CT molecular complexity index is 800. The molecule has 4 rings (SSSR count). The van der Waals surface area contributed by atoms with E-state index in [1.54, 1.807) is 16.2 Å². The second kappa shape index (κ2) is 6.92. The number of imide groups is 1. The van der Waals surface area contributed by atoms with Gasteiger partial charge >= 0.3 is 6.03 Å². The molecule has 1 aromatic heterocycles. The van der Waals surface area contributed by atoms with E-state index in [0.29, 0.717) is 13.0 Å². The number of benzene rings is 1. The normalized spacial score (nSPS) is 20.4. The first kappa shape index (κ1) is 16.8. The van der Waals surface area contributed by atoms with Gasteiger partial charge in [0.15, 0.2) is 0 Å². The highest BCUT2D eigenvalue weighted by Gasteiger charge is 2.47. The number of hydrogen-bond donors (Lipinski definition) is 1. The van der Waals surface area contributed by atoms with Crippen LogP contribution in [-0.2, 0) is 9.59 Å². The molecule has 6 nitrogen and oxygen atoms in total. The fourth-order valence-electron chi connectivity index (χ4n) is 3.60. The number of carbonyl (C=O) groups excluding carboxylic acids is 3. The van der Waals surface area contributed by atoms with E-state index >= 15 is 0 Å². The maximum absolute atomic E-state index is 12.6. The van der Waals surface area contributed by atoms with E-state index in [9.17, 15) is 14.4 Å². The van der Waals surface area contributed by atoms with Gasteiger partial charge in [0.2, 0.25) is 5.91 Å². The van der Waals surface area contributed by atoms with Crippen LogP contribution in [0, 0.1) is 0 Å². The lowest BCUT2D eigenvalue weighted by atomic mass is 10.1. The molecule has 2 fully saturated rings. The molecule has 2 aromatic rings. The van der Waals surface area contributed by atoms with Crippen molar-refractivity contribution in [1.82, 2.24) is 15.1 Å². The minimum absolute atomic E-state index is 0.237. The number of rotatable bonds is 5. The molecule has 0 unspecified atom stereocenters. The third-order valence-electron chi connectivity index (χ3n) is 4.85. The number of hydrogen-bond acceptors (Lipinski definition) is 4. The summed E-state index contributed by atoms with van der Waals surface area (Å²) in [6.07, 6.45) is 1.53. The number of nitrogens with one attached hydrogen (secondary N) is 1. The zero-order valence-electron chi connectivity index (χ0n) is 14.1. The number of carbonyl (C=O) groups is 3. The zero-order valence-corrected chi connectivity index (χ0v) is 14.9. The smallest absolute Gasteiger partial charge is 0.327 e. The van der Waals surface area contributed by atoms with Crippen molar-refractivity contribution in [3.05, 3.63) is 58.3 Å². The lowest BCUT2D eigenvalue weighted by Crippen LogP contribution is -2.42. The molecule has 2 aliphatic rings. The van der Waals surface area contributed by atoms with Crippen LogP contribution in [0.5, 0.6) is 0 Å². The van der Waals surface area contributed by atoms with Crippen molar-refractivity contribution in [3.63, 3.8) is 0 Å². The molecule has 0 spiro atoms. The summed E-state index contributed by atoms with van der Waals surface area (Å²) in [6.45, 7) is 0.356. The topological polar surface area (TPSA) is 69.7 Å². The lowest BCUT2D eigenvalue weighted by molar-refractivity contribution is -0.132. The fourth-order valence-corrected chi connectivity index (χ4v) is 4.40. The predicted molar refractivity (Wildman–Crippen MR) is 97.6 cm³/mol. The molecule has 7 heteroatoms. The summed E-state index contributed by atoms with van der Waals surface area (Å²) in [5, 5.41) is 4.93. The average molecular weight is 369 g/mol. The van der Waals surface area contributed by atoms with Crippen LogP contribution in [-0.4, -0.2) is 46.8 Å². The van der Waals surface area contributed by atoms with Gasteiger partial charge in [0.05, 0.1) is 6.04 Å². The second-order valence-corrected chi connectivity index (χ2v) is 7.46. The number of thiophene rings is 1. The van der Waals surface area contributed by atoms with Gasteiger partial charge in [-0.3, -0.25) is 14.5 Å². The number of fused-ring (bicyclic) bond motifs is 1. The average Bonchev–Trinajstić information content (AvgIpc) is 3.38. The van der Waals surface area contributed by atoms with Crippen molar-refractivity contribution in [1.29, 1.82) is 0 Å². The largest absolute Gasteiger partial charge is 0.343 e. The van der Waals surface area contributed by atoms with E-state index in [-0.39, 0.29) is 36.5 Å². The summed E-state index contributed by atoms with van der Waals surface area (Å²) in [4.78, 5) is 41.0. The Labute approximate surface area is 155 Å². The van der Waals surface area contributed by atoms with Crippen LogP contribution in [0.1, 0.15) is 29.3 Å². The van der Waals surface area contributed by atoms with Gasteiger partial charge in [-0.25, -0.2) is 4.79 Å². The first-order valence-corrected chi connectivity index (χ1v) is 9.53. The summed E-state index contributed by atoms with van der Waals surface area (Å²) in [5.41, 5.74) is 0.961. The minimum atomic E-state index is -0.377. The highest BCUT2D eigenvalue weighted by Crippen LogP contribution is 2.28. The van der Waals surface area contributed by atoms with Crippen molar-refractivity contribution in [2.75, 3.05) is 13.1 Å². The van der Waals surface area contributed by atoms with Gasteiger partial charge < -0.3 is 10.2 Å². The highest BCUT2D eigenvalue weighted by molar-refractivity contribution is 7.10. The maximum Gasteiger partial charge on any atom is 0.327 e. The molecule has 2 atom stereocenters. The summed E-state index contributed by atoms with van der Waals surface area (Å²) in [5.74, 6) is -0.592. The molecule has 3 heterocycles. The van der Waals surface area contributed by atoms with Gasteiger partial charge in [-0.15, -0.1) is 11.3 Å². The zero-order chi connectivity index (χ0) is 18.1. The molecule has 1 aromatic carbocycles. The van der Waals surface area contributed by atoms with Crippen LogP contribution in [0.25, 0.3) is 0 Å². The Morgan fingerprint density at radius 3 is 2.69 bits per heavy atom. The first-order chi connectivity index (χ1) is 12.6. The molecule has 4 amide bonds. The summed E-state index contributed by atoms with van der Waals surface area (Å²) < 4.78 is 0. The van der Waals surface area contributed by atoms with E-state index < -0.39 is 0 Å². The molecule has 134 valence electrons. The molecule has 26 heavy (non-hydrogen) atoms. The Hall–Kier alpha value is -2.67. The van der Waals surface area contributed by atoms with Gasteiger partial charge in [-0.1, -0.05) is 36.4 Å². The molecule has 0 aliphatic carbocycles. The molecule has 0 saturated carbocycles. The quantitative estimate of drug-likeness (QED) is 0.823. The Morgan fingerprint density at radius 1 is 1.19 bits per heavy atom. The monoisotopic (exact) mass is 369 g/mol. The molecule has 2 saturated heterocycles. The van der Waals surface area contributed by atoms with Crippen LogP contribution >= 0.6 is 11.3 Å². The SMILES string of the molecule is O=C(CN1C(=O)[C@@H]2CCCN2C1=O)N[C@H](c1ccccc1)c1cccs1. The van der Waals surface area contributed by atoms with E-state index in [0.717, 1.165) is 21.8 Å². The van der Waals surface area contributed by atoms with Gasteiger partial charge in [0.25, 0.3) is 5.91 Å². The number of amides is 4. The van der Waals surface area contributed by atoms with E-state index in [4.69, 9.17) is 0 Å². The standard InChI is InChI=1S/C19H19N3O3S/c23-16(12-22-18(24)14-8-4-10-21(14)19(22)25)20-17(15-9-5-11-26-15)13-6-2-1-3-7-13/h1-3,5-7,9,11,14,17H,4,8,10,12H2,(H,20,23)/t14-,17+/m0/s1. The van der Waals surface area contributed by atoms with Crippen LogP contribution in [0.15, 0.2) is 47.8 Å². The highest BCUT2D eigenvalue weighted by atomic mass is 32.1. The van der Waals surface area contributed by atoms with E-state index in [1.165, 1.54) is 0 Å². The molecule has 1 N–H and O–H groups in total. The van der Waals surface area contributed by atoms with Crippen molar-refractivity contribution in [2.24, 2.45) is 0 Å². The lowest BCUT2D eigenvalue weighted by Gasteiger charge is -2.20. The second-order valence-electron chi connectivity index (χ2n) is 6.49. The number of nitrogens with zero attached hydrogens (tertiary/aromatic N) is 2. The Balaban J connectivity index is 1.49. The molecule has 2 aliphatic heterocycles. The third kappa shape index (κ3) is 2.99.